The number of nitrogens with one attached hydrogen (secondary N) is 1. The first-order chi connectivity index (χ1) is 8.51. The Morgan fingerprint density at radius 3 is 2.67 bits per heavy atom. The van der Waals surface area contributed by atoms with Crippen LogP contribution in [-0.4, -0.2) is 35.5 Å². The molecule has 2 rings (SSSR count). The highest BCUT2D eigenvalue weighted by atomic mass is 16.6. The van der Waals surface area contributed by atoms with Crippen LogP contribution in [0.4, 0.5) is 4.79 Å². The van der Waals surface area contributed by atoms with Gasteiger partial charge in [-0.25, -0.2) is 4.79 Å². The maximum atomic E-state index is 12.1. The molecule has 0 spiro atoms. The van der Waals surface area contributed by atoms with Gasteiger partial charge in [-0.05, 0) is 26.0 Å². The van der Waals surface area contributed by atoms with Gasteiger partial charge in [-0.1, -0.05) is 18.2 Å². The van der Waals surface area contributed by atoms with E-state index < -0.39 is 11.6 Å². The van der Waals surface area contributed by atoms with E-state index in [1.807, 2.05) is 6.07 Å². The number of carbonyl (C=O) groups excluding carboxylic acids is 2. The van der Waals surface area contributed by atoms with Crippen LogP contribution in [0, 0.1) is 0 Å². The normalized spacial score (nSPS) is 18.1. The smallest absolute Gasteiger partial charge is 0.410 e. The molecule has 1 saturated heterocycles. The van der Waals surface area contributed by atoms with Gasteiger partial charge in [-0.2, -0.15) is 0 Å². The standard InChI is InChI=1S/C13H16N2O3/c1-13(2)11(16)14-8-9-15(13)12(17)18-10-6-4-3-5-7-10/h3-7H,8-9H2,1-2H3,(H,14,16). The SMILES string of the molecule is CC1(C)C(=O)NCCN1C(=O)Oc1ccccc1. The highest BCUT2D eigenvalue weighted by Crippen LogP contribution is 2.20. The number of ether oxygens (including phenoxy) is 1. The maximum Gasteiger partial charge on any atom is 0.416 e. The van der Waals surface area contributed by atoms with Crippen molar-refractivity contribution in [1.82, 2.24) is 10.2 Å². The Morgan fingerprint density at radius 2 is 2.00 bits per heavy atom. The molecule has 18 heavy (non-hydrogen) atoms. The Labute approximate surface area is 106 Å². The summed E-state index contributed by atoms with van der Waals surface area (Å²) in [4.78, 5) is 25.2. The van der Waals surface area contributed by atoms with E-state index >= 15 is 0 Å². The number of carbonyl (C=O) groups is 2. The molecule has 1 fully saturated rings. The number of hydrogen-bond donors (Lipinski definition) is 1. The Hall–Kier alpha value is -2.04. The molecule has 0 saturated carbocycles. The molecule has 1 aromatic carbocycles. The first-order valence-electron chi connectivity index (χ1n) is 5.84. The third-order valence-corrected chi connectivity index (χ3v) is 3.02. The van der Waals surface area contributed by atoms with Gasteiger partial charge < -0.3 is 10.1 Å². The van der Waals surface area contributed by atoms with Crippen LogP contribution in [0.15, 0.2) is 30.3 Å². The number of amides is 2. The maximum absolute atomic E-state index is 12.1. The van der Waals surface area contributed by atoms with Crippen LogP contribution in [0.2, 0.25) is 0 Å². The Kier molecular flexibility index (Phi) is 3.23. The molecule has 1 aliphatic heterocycles. The van der Waals surface area contributed by atoms with Gasteiger partial charge in [0.1, 0.15) is 11.3 Å². The summed E-state index contributed by atoms with van der Waals surface area (Å²) in [6.45, 7) is 4.30. The Morgan fingerprint density at radius 1 is 1.33 bits per heavy atom. The molecule has 0 bridgehead atoms. The number of piperazine rings is 1. The molecule has 0 atom stereocenters. The van der Waals surface area contributed by atoms with E-state index in [1.165, 1.54) is 4.90 Å². The molecule has 1 N–H and O–H groups in total. The summed E-state index contributed by atoms with van der Waals surface area (Å²) in [6.07, 6.45) is -0.499. The fraction of sp³-hybridized carbons (Fsp3) is 0.385. The van der Waals surface area contributed by atoms with E-state index in [1.54, 1.807) is 38.1 Å². The summed E-state index contributed by atoms with van der Waals surface area (Å²) in [5.41, 5.74) is -0.885. The highest BCUT2D eigenvalue weighted by Gasteiger charge is 2.41. The molecule has 0 aromatic heterocycles. The first kappa shape index (κ1) is 12.4. The summed E-state index contributed by atoms with van der Waals surface area (Å²) in [5.74, 6) is 0.308. The van der Waals surface area contributed by atoms with Crippen molar-refractivity contribution in [3.63, 3.8) is 0 Å². The molecule has 1 heterocycles. The average Bonchev–Trinajstić information content (AvgIpc) is 2.33. The number of benzene rings is 1. The molecule has 96 valence electrons. The van der Waals surface area contributed by atoms with Gasteiger partial charge in [0.25, 0.3) is 0 Å². The van der Waals surface area contributed by atoms with Crippen molar-refractivity contribution in [2.24, 2.45) is 0 Å². The van der Waals surface area contributed by atoms with Crippen LogP contribution >= 0.6 is 0 Å². The number of nitrogens with zero attached hydrogens (tertiary/aromatic N) is 1. The minimum atomic E-state index is -0.885. The second-order valence-corrected chi connectivity index (χ2v) is 4.65. The van der Waals surface area contributed by atoms with Crippen LogP contribution in [0.3, 0.4) is 0 Å². The zero-order valence-corrected chi connectivity index (χ0v) is 10.5. The number of para-hydroxylation sites is 1. The minimum Gasteiger partial charge on any atom is -0.410 e. The molecular weight excluding hydrogens is 232 g/mol. The van der Waals surface area contributed by atoms with Crippen LogP contribution < -0.4 is 10.1 Å². The van der Waals surface area contributed by atoms with E-state index in [9.17, 15) is 9.59 Å². The topological polar surface area (TPSA) is 58.6 Å². The quantitative estimate of drug-likeness (QED) is 0.817. The lowest BCUT2D eigenvalue weighted by molar-refractivity contribution is -0.133. The fourth-order valence-corrected chi connectivity index (χ4v) is 1.86. The van der Waals surface area contributed by atoms with E-state index in [-0.39, 0.29) is 5.91 Å². The summed E-state index contributed by atoms with van der Waals surface area (Å²) < 4.78 is 5.24. The molecule has 0 unspecified atom stereocenters. The van der Waals surface area contributed by atoms with E-state index in [4.69, 9.17) is 4.74 Å². The van der Waals surface area contributed by atoms with Gasteiger partial charge >= 0.3 is 6.09 Å². The number of rotatable bonds is 1. The first-order valence-corrected chi connectivity index (χ1v) is 5.84. The van der Waals surface area contributed by atoms with Gasteiger partial charge in [-0.3, -0.25) is 9.69 Å². The van der Waals surface area contributed by atoms with Gasteiger partial charge in [0.15, 0.2) is 0 Å². The lowest BCUT2D eigenvalue weighted by Gasteiger charge is -2.40. The van der Waals surface area contributed by atoms with Crippen molar-refractivity contribution in [1.29, 1.82) is 0 Å². The van der Waals surface area contributed by atoms with Gasteiger partial charge in [0.05, 0.1) is 0 Å². The molecule has 1 aromatic rings. The van der Waals surface area contributed by atoms with Crippen molar-refractivity contribution in [2.75, 3.05) is 13.1 Å². The predicted octanol–water partition coefficient (Wildman–Crippen LogP) is 1.40. The second kappa shape index (κ2) is 4.68. The molecule has 5 heteroatoms. The third-order valence-electron chi connectivity index (χ3n) is 3.02. The third kappa shape index (κ3) is 2.30. The molecule has 5 nitrogen and oxygen atoms in total. The van der Waals surface area contributed by atoms with Crippen molar-refractivity contribution in [3.8, 4) is 5.75 Å². The lowest BCUT2D eigenvalue weighted by atomic mass is 10.00. The monoisotopic (exact) mass is 248 g/mol. The van der Waals surface area contributed by atoms with Crippen LogP contribution in [0.1, 0.15) is 13.8 Å². The summed E-state index contributed by atoms with van der Waals surface area (Å²) in [7, 11) is 0. The average molecular weight is 248 g/mol. The second-order valence-electron chi connectivity index (χ2n) is 4.65. The van der Waals surface area contributed by atoms with Gasteiger partial charge in [-0.15, -0.1) is 0 Å². The molecule has 0 radical (unpaired) electrons. The Balaban J connectivity index is 2.11. The van der Waals surface area contributed by atoms with Crippen molar-refractivity contribution in [3.05, 3.63) is 30.3 Å². The van der Waals surface area contributed by atoms with Gasteiger partial charge in [0, 0.05) is 13.1 Å². The van der Waals surface area contributed by atoms with E-state index in [2.05, 4.69) is 5.32 Å². The van der Waals surface area contributed by atoms with Crippen LogP contribution in [0.25, 0.3) is 0 Å². The van der Waals surface area contributed by atoms with E-state index in [0.717, 1.165) is 0 Å². The zero-order valence-electron chi connectivity index (χ0n) is 10.5. The van der Waals surface area contributed by atoms with Crippen molar-refractivity contribution < 1.29 is 14.3 Å². The van der Waals surface area contributed by atoms with Crippen LogP contribution in [0.5, 0.6) is 5.75 Å². The minimum absolute atomic E-state index is 0.168. The largest absolute Gasteiger partial charge is 0.416 e. The summed E-state index contributed by atoms with van der Waals surface area (Å²) in [6, 6.07) is 8.83. The fourth-order valence-electron chi connectivity index (χ4n) is 1.86. The summed E-state index contributed by atoms with van der Waals surface area (Å²) >= 11 is 0. The molecule has 2 amide bonds. The number of hydrogen-bond acceptors (Lipinski definition) is 3. The van der Waals surface area contributed by atoms with Crippen molar-refractivity contribution >= 4 is 12.0 Å². The van der Waals surface area contributed by atoms with Crippen molar-refractivity contribution in [2.45, 2.75) is 19.4 Å². The van der Waals surface area contributed by atoms with E-state index in [0.29, 0.717) is 18.8 Å². The Bertz CT molecular complexity index is 457. The van der Waals surface area contributed by atoms with Crippen LogP contribution in [-0.2, 0) is 4.79 Å². The predicted molar refractivity (Wildman–Crippen MR) is 66.3 cm³/mol. The highest BCUT2D eigenvalue weighted by molar-refractivity contribution is 5.90. The summed E-state index contributed by atoms with van der Waals surface area (Å²) in [5, 5.41) is 2.73. The molecular formula is C13H16N2O3. The zero-order chi connectivity index (χ0) is 13.2. The molecule has 1 aliphatic rings. The molecule has 0 aliphatic carbocycles. The lowest BCUT2D eigenvalue weighted by Crippen LogP contribution is -2.63. The van der Waals surface area contributed by atoms with Gasteiger partial charge in [0.2, 0.25) is 5.91 Å².